The number of para-hydroxylation sites is 1. The lowest BCUT2D eigenvalue weighted by Gasteiger charge is -2.39. The molecule has 1 aromatic heterocycles. The molecular formula is C43H27NO2. The molecular weight excluding hydrogens is 562 g/mol. The second kappa shape index (κ2) is 9.47. The minimum absolute atomic E-state index is 0.506. The molecule has 0 amide bonds. The average molecular weight is 590 g/mol. The third-order valence-electron chi connectivity index (χ3n) is 9.73. The second-order valence-electron chi connectivity index (χ2n) is 12.1. The van der Waals surface area contributed by atoms with Crippen LogP contribution in [0.5, 0.6) is 11.5 Å². The Kier molecular flexibility index (Phi) is 5.20. The summed E-state index contributed by atoms with van der Waals surface area (Å²) in [5.74, 6) is 1.77. The summed E-state index contributed by atoms with van der Waals surface area (Å²) in [7, 11) is 0. The number of nitrogens with one attached hydrogen (secondary N) is 1. The zero-order chi connectivity index (χ0) is 30.2. The highest BCUT2D eigenvalue weighted by atomic mass is 16.5. The molecule has 1 aliphatic heterocycles. The predicted molar refractivity (Wildman–Crippen MR) is 186 cm³/mol. The zero-order valence-corrected chi connectivity index (χ0v) is 24.8. The van der Waals surface area contributed by atoms with Gasteiger partial charge in [0.05, 0.1) is 16.5 Å². The van der Waals surface area contributed by atoms with Crippen molar-refractivity contribution < 1.29 is 9.15 Å². The maximum Gasteiger partial charge on any atom is 0.137 e. The average Bonchev–Trinajstić information content (AvgIpc) is 3.64. The topological polar surface area (TPSA) is 34.4 Å². The molecule has 46 heavy (non-hydrogen) atoms. The predicted octanol–water partition coefficient (Wildman–Crippen LogP) is 11.5. The van der Waals surface area contributed by atoms with Crippen molar-refractivity contribution in [3.05, 3.63) is 180 Å². The van der Waals surface area contributed by atoms with Crippen LogP contribution >= 0.6 is 0 Å². The Morgan fingerprint density at radius 3 is 1.96 bits per heavy atom. The van der Waals surface area contributed by atoms with E-state index in [0.717, 1.165) is 61.5 Å². The molecule has 1 N–H and O–H groups in total. The number of furan rings is 1. The molecule has 1 aliphatic carbocycles. The Labute approximate surface area is 266 Å². The lowest BCUT2D eigenvalue weighted by molar-refractivity contribution is 0.436. The van der Waals surface area contributed by atoms with E-state index in [-0.39, 0.29) is 0 Å². The molecule has 3 heteroatoms. The van der Waals surface area contributed by atoms with E-state index in [1.807, 2.05) is 18.2 Å². The molecule has 0 fully saturated rings. The smallest absolute Gasteiger partial charge is 0.137 e. The van der Waals surface area contributed by atoms with Crippen molar-refractivity contribution in [3.63, 3.8) is 0 Å². The highest BCUT2D eigenvalue weighted by Gasteiger charge is 2.50. The van der Waals surface area contributed by atoms with Gasteiger partial charge in [0.1, 0.15) is 22.7 Å². The minimum Gasteiger partial charge on any atom is -0.457 e. The molecule has 0 atom stereocenters. The Morgan fingerprint density at radius 1 is 0.457 bits per heavy atom. The van der Waals surface area contributed by atoms with Crippen molar-refractivity contribution in [2.24, 2.45) is 0 Å². The number of fused-ring (bicyclic) bond motifs is 12. The summed E-state index contributed by atoms with van der Waals surface area (Å²) in [5, 5.41) is 5.96. The Balaban J connectivity index is 1.17. The largest absolute Gasteiger partial charge is 0.457 e. The molecule has 0 saturated carbocycles. The van der Waals surface area contributed by atoms with Gasteiger partial charge in [-0.15, -0.1) is 0 Å². The summed E-state index contributed by atoms with van der Waals surface area (Å²) in [6, 6.07) is 55.8. The lowest BCUT2D eigenvalue weighted by Crippen LogP contribution is -2.32. The van der Waals surface area contributed by atoms with E-state index in [1.54, 1.807) is 0 Å². The molecule has 8 aromatic rings. The van der Waals surface area contributed by atoms with Crippen LogP contribution in [0, 0.1) is 0 Å². The molecule has 0 saturated heterocycles. The van der Waals surface area contributed by atoms with Gasteiger partial charge in [-0.2, -0.15) is 0 Å². The second-order valence-corrected chi connectivity index (χ2v) is 12.1. The standard InChI is InChI=1S/C43H27NO2/c1-2-11-27(12-3-1)28-21-23-38-32(25-28)42-37(18-10-20-41(42)45-38)44-29-22-24-40-36(26-29)43(35-17-8-9-19-39(35)46-40)33-15-6-4-13-30(33)31-14-5-7-16-34(31)43/h1-26,44H. The monoisotopic (exact) mass is 589 g/mol. The number of rotatable bonds is 3. The molecule has 0 bridgehead atoms. The molecule has 10 rings (SSSR count). The molecule has 2 aliphatic rings. The number of hydrogen-bond donors (Lipinski definition) is 1. The fourth-order valence-electron chi connectivity index (χ4n) is 7.83. The van der Waals surface area contributed by atoms with Crippen molar-refractivity contribution in [2.45, 2.75) is 5.41 Å². The third-order valence-corrected chi connectivity index (χ3v) is 9.73. The number of anilines is 2. The molecule has 3 nitrogen and oxygen atoms in total. The van der Waals surface area contributed by atoms with Crippen LogP contribution in [0.3, 0.4) is 0 Å². The van der Waals surface area contributed by atoms with Gasteiger partial charge in [-0.3, -0.25) is 0 Å². The number of benzene rings is 7. The first kappa shape index (κ1) is 25.3. The Bertz CT molecular complexity index is 2440. The highest BCUT2D eigenvalue weighted by molar-refractivity contribution is 6.13. The van der Waals surface area contributed by atoms with Gasteiger partial charge in [-0.1, -0.05) is 109 Å². The van der Waals surface area contributed by atoms with Crippen molar-refractivity contribution in [1.29, 1.82) is 0 Å². The Hall–Kier alpha value is -6.06. The first-order valence-electron chi connectivity index (χ1n) is 15.7. The molecule has 1 spiro atoms. The van der Waals surface area contributed by atoms with Crippen LogP contribution < -0.4 is 10.1 Å². The van der Waals surface area contributed by atoms with Crippen LogP contribution in [-0.2, 0) is 5.41 Å². The van der Waals surface area contributed by atoms with Gasteiger partial charge in [0.25, 0.3) is 0 Å². The van der Waals surface area contributed by atoms with E-state index in [9.17, 15) is 0 Å². The quantitative estimate of drug-likeness (QED) is 0.223. The van der Waals surface area contributed by atoms with Crippen LogP contribution in [0.1, 0.15) is 22.3 Å². The van der Waals surface area contributed by atoms with Crippen molar-refractivity contribution in [2.75, 3.05) is 5.32 Å². The fraction of sp³-hybridized carbons (Fsp3) is 0.0233. The van der Waals surface area contributed by atoms with Gasteiger partial charge in [0.2, 0.25) is 0 Å². The summed E-state index contributed by atoms with van der Waals surface area (Å²) in [4.78, 5) is 0. The molecule has 216 valence electrons. The van der Waals surface area contributed by atoms with E-state index in [4.69, 9.17) is 9.15 Å². The van der Waals surface area contributed by atoms with E-state index < -0.39 is 5.41 Å². The minimum atomic E-state index is -0.506. The van der Waals surface area contributed by atoms with E-state index in [2.05, 4.69) is 145 Å². The van der Waals surface area contributed by atoms with Gasteiger partial charge in [-0.25, -0.2) is 0 Å². The lowest BCUT2D eigenvalue weighted by atomic mass is 9.66. The van der Waals surface area contributed by atoms with Gasteiger partial charge < -0.3 is 14.5 Å². The van der Waals surface area contributed by atoms with Gasteiger partial charge in [-0.05, 0) is 81.9 Å². The molecule has 7 aromatic carbocycles. The summed E-state index contributed by atoms with van der Waals surface area (Å²) in [6.07, 6.45) is 0. The number of hydrogen-bond acceptors (Lipinski definition) is 3. The maximum absolute atomic E-state index is 6.63. The van der Waals surface area contributed by atoms with Gasteiger partial charge in [0, 0.05) is 22.2 Å². The molecule has 0 radical (unpaired) electrons. The maximum atomic E-state index is 6.63. The first-order chi connectivity index (χ1) is 22.8. The molecule has 0 unspecified atom stereocenters. The van der Waals surface area contributed by atoms with Gasteiger partial charge >= 0.3 is 0 Å². The van der Waals surface area contributed by atoms with Crippen molar-refractivity contribution in [3.8, 4) is 33.8 Å². The van der Waals surface area contributed by atoms with Crippen LogP contribution in [0.2, 0.25) is 0 Å². The summed E-state index contributed by atoms with van der Waals surface area (Å²) >= 11 is 0. The summed E-state index contributed by atoms with van der Waals surface area (Å²) in [6.45, 7) is 0. The summed E-state index contributed by atoms with van der Waals surface area (Å²) < 4.78 is 13.0. The van der Waals surface area contributed by atoms with E-state index in [1.165, 1.54) is 27.8 Å². The van der Waals surface area contributed by atoms with Crippen LogP contribution in [0.25, 0.3) is 44.2 Å². The normalized spacial score (nSPS) is 13.6. The highest BCUT2D eigenvalue weighted by Crippen LogP contribution is 2.62. The first-order valence-corrected chi connectivity index (χ1v) is 15.7. The van der Waals surface area contributed by atoms with Crippen LogP contribution in [0.4, 0.5) is 11.4 Å². The Morgan fingerprint density at radius 2 is 1.15 bits per heavy atom. The van der Waals surface area contributed by atoms with Gasteiger partial charge in [0.15, 0.2) is 0 Å². The van der Waals surface area contributed by atoms with Crippen molar-refractivity contribution >= 4 is 33.3 Å². The van der Waals surface area contributed by atoms with Crippen LogP contribution in [-0.4, -0.2) is 0 Å². The number of ether oxygens (including phenoxy) is 1. The third kappa shape index (κ3) is 3.43. The molecule has 2 heterocycles. The van der Waals surface area contributed by atoms with E-state index in [0.29, 0.717) is 0 Å². The van der Waals surface area contributed by atoms with Crippen LogP contribution in [0.15, 0.2) is 162 Å². The van der Waals surface area contributed by atoms with Crippen molar-refractivity contribution in [1.82, 2.24) is 0 Å². The zero-order valence-electron chi connectivity index (χ0n) is 24.8. The SMILES string of the molecule is c1ccc(-c2ccc3oc4cccc(Nc5ccc6c(c5)C5(c7ccccc7O6)c6ccccc6-c6ccccc65)c4c3c2)cc1. The summed E-state index contributed by atoms with van der Waals surface area (Å²) in [5.41, 5.74) is 12.9. The fourth-order valence-corrected chi connectivity index (χ4v) is 7.83. The van der Waals surface area contributed by atoms with E-state index >= 15 is 0 Å².